The largest absolute Gasteiger partial charge is 0.307 e. The van der Waals surface area contributed by atoms with Gasteiger partial charge >= 0.3 is 0 Å². The first-order valence-corrected chi connectivity index (χ1v) is 7.57. The summed E-state index contributed by atoms with van der Waals surface area (Å²) < 4.78 is 0. The second-order valence-corrected chi connectivity index (χ2v) is 6.98. The first kappa shape index (κ1) is 11.6. The third-order valence-electron chi connectivity index (χ3n) is 4.14. The summed E-state index contributed by atoms with van der Waals surface area (Å²) in [7, 11) is 0. The molecule has 0 saturated heterocycles. The van der Waals surface area contributed by atoms with E-state index in [1.165, 1.54) is 28.9 Å². The molecule has 3 rings (SSSR count). The van der Waals surface area contributed by atoms with Gasteiger partial charge in [-0.15, -0.1) is 11.8 Å². The molecule has 1 N–H and O–H groups in total. The Balaban J connectivity index is 1.98. The van der Waals surface area contributed by atoms with Gasteiger partial charge in [0.15, 0.2) is 0 Å². The van der Waals surface area contributed by atoms with Crippen molar-refractivity contribution < 1.29 is 0 Å². The van der Waals surface area contributed by atoms with Crippen LogP contribution in [0.15, 0.2) is 23.1 Å². The molecule has 2 aliphatic rings. The van der Waals surface area contributed by atoms with E-state index in [1.54, 1.807) is 0 Å². The van der Waals surface area contributed by atoms with E-state index in [1.807, 2.05) is 0 Å². The van der Waals surface area contributed by atoms with E-state index in [9.17, 15) is 0 Å². The Bertz CT molecular complexity index is 425. The molecule has 1 aliphatic carbocycles. The first-order chi connectivity index (χ1) is 8.16. The second kappa shape index (κ2) is 4.33. The number of aryl methyl sites for hydroxylation is 1. The van der Waals surface area contributed by atoms with Crippen LogP contribution in [0, 0.1) is 12.8 Å². The summed E-state index contributed by atoms with van der Waals surface area (Å²) in [6.07, 6.45) is 2.73. The highest BCUT2D eigenvalue weighted by molar-refractivity contribution is 8.00. The molecule has 0 aromatic heterocycles. The van der Waals surface area contributed by atoms with Crippen molar-refractivity contribution in [2.75, 3.05) is 0 Å². The van der Waals surface area contributed by atoms with Gasteiger partial charge in [-0.2, -0.15) is 0 Å². The molecule has 92 valence electrons. The fourth-order valence-electron chi connectivity index (χ4n) is 2.67. The topological polar surface area (TPSA) is 12.0 Å². The normalized spacial score (nSPS) is 32.3. The lowest BCUT2D eigenvalue weighted by Crippen LogP contribution is -2.35. The maximum absolute atomic E-state index is 3.84. The maximum Gasteiger partial charge on any atom is 0.0370 e. The number of hydrogen-bond acceptors (Lipinski definition) is 2. The van der Waals surface area contributed by atoms with Crippen molar-refractivity contribution in [1.29, 1.82) is 0 Å². The predicted molar refractivity (Wildman–Crippen MR) is 74.6 cm³/mol. The summed E-state index contributed by atoms with van der Waals surface area (Å²) in [6.45, 7) is 7.00. The van der Waals surface area contributed by atoms with E-state index < -0.39 is 0 Å². The molecule has 1 aromatic rings. The average Bonchev–Trinajstić information content (AvgIpc) is 3.10. The number of rotatable bonds is 2. The van der Waals surface area contributed by atoms with Crippen molar-refractivity contribution >= 4 is 11.8 Å². The zero-order chi connectivity index (χ0) is 12.0. The van der Waals surface area contributed by atoms with E-state index >= 15 is 0 Å². The number of nitrogens with one attached hydrogen (secondary N) is 1. The molecular weight excluding hydrogens is 226 g/mol. The van der Waals surface area contributed by atoms with Crippen LogP contribution >= 0.6 is 11.8 Å². The molecular formula is C15H21NS. The maximum atomic E-state index is 3.84. The number of benzene rings is 1. The van der Waals surface area contributed by atoms with E-state index in [-0.39, 0.29) is 0 Å². The van der Waals surface area contributed by atoms with Crippen LogP contribution < -0.4 is 5.32 Å². The van der Waals surface area contributed by atoms with Crippen molar-refractivity contribution in [3.63, 3.8) is 0 Å². The van der Waals surface area contributed by atoms with Gasteiger partial charge in [0.25, 0.3) is 0 Å². The van der Waals surface area contributed by atoms with Crippen LogP contribution in [-0.4, -0.2) is 11.3 Å². The number of fused-ring (bicyclic) bond motifs is 1. The van der Waals surface area contributed by atoms with Gasteiger partial charge in [-0.25, -0.2) is 0 Å². The summed E-state index contributed by atoms with van der Waals surface area (Å²) in [6, 6.07) is 8.11. The molecule has 0 spiro atoms. The number of thioether (sulfide) groups is 1. The monoisotopic (exact) mass is 247 g/mol. The van der Waals surface area contributed by atoms with Crippen LogP contribution in [-0.2, 0) is 0 Å². The predicted octanol–water partition coefficient (Wildman–Crippen LogP) is 3.92. The standard InChI is InChI=1S/C15H21NS/c1-9-5-4-6-13-14(16-12-7-8-12)10(2)11(3)17-15(9)13/h4-6,10-12,14,16H,7-8H2,1-3H3. The van der Waals surface area contributed by atoms with Crippen LogP contribution in [0.1, 0.15) is 43.9 Å². The van der Waals surface area contributed by atoms with Gasteiger partial charge in [-0.05, 0) is 36.8 Å². The second-order valence-electron chi connectivity index (χ2n) is 5.59. The summed E-state index contributed by atoms with van der Waals surface area (Å²) in [5.41, 5.74) is 2.97. The zero-order valence-electron chi connectivity index (χ0n) is 10.9. The Morgan fingerprint density at radius 1 is 1.24 bits per heavy atom. The molecule has 1 fully saturated rings. The van der Waals surface area contributed by atoms with Crippen molar-refractivity contribution in [2.24, 2.45) is 5.92 Å². The van der Waals surface area contributed by atoms with Gasteiger partial charge in [0, 0.05) is 22.2 Å². The van der Waals surface area contributed by atoms with Gasteiger partial charge in [-0.1, -0.05) is 32.0 Å². The number of hydrogen-bond donors (Lipinski definition) is 1. The van der Waals surface area contributed by atoms with Crippen molar-refractivity contribution in [1.82, 2.24) is 5.32 Å². The molecule has 2 heteroatoms. The zero-order valence-corrected chi connectivity index (χ0v) is 11.7. The molecule has 1 nitrogen and oxygen atoms in total. The van der Waals surface area contributed by atoms with Gasteiger partial charge < -0.3 is 5.32 Å². The molecule has 3 unspecified atom stereocenters. The molecule has 1 aliphatic heterocycles. The lowest BCUT2D eigenvalue weighted by Gasteiger charge is -2.37. The third kappa shape index (κ3) is 2.13. The summed E-state index contributed by atoms with van der Waals surface area (Å²) >= 11 is 2.06. The molecule has 17 heavy (non-hydrogen) atoms. The van der Waals surface area contributed by atoms with Crippen molar-refractivity contribution in [3.05, 3.63) is 29.3 Å². The summed E-state index contributed by atoms with van der Waals surface area (Å²) in [4.78, 5) is 1.52. The average molecular weight is 247 g/mol. The molecule has 3 atom stereocenters. The highest BCUT2D eigenvalue weighted by atomic mass is 32.2. The molecule has 0 bridgehead atoms. The summed E-state index contributed by atoms with van der Waals surface area (Å²) in [5, 5.41) is 4.55. The minimum atomic E-state index is 0.564. The van der Waals surface area contributed by atoms with E-state index in [0.717, 1.165) is 12.0 Å². The lowest BCUT2D eigenvalue weighted by molar-refractivity contribution is 0.369. The lowest BCUT2D eigenvalue weighted by atomic mass is 9.90. The highest BCUT2D eigenvalue weighted by Crippen LogP contribution is 2.46. The van der Waals surface area contributed by atoms with Crippen LogP contribution in [0.2, 0.25) is 0 Å². The highest BCUT2D eigenvalue weighted by Gasteiger charge is 2.35. The SMILES string of the molecule is Cc1cccc2c1SC(C)C(C)C2NC1CC1. The smallest absolute Gasteiger partial charge is 0.0370 e. The molecule has 0 amide bonds. The van der Waals surface area contributed by atoms with Crippen LogP contribution in [0.5, 0.6) is 0 Å². The van der Waals surface area contributed by atoms with Crippen molar-refractivity contribution in [3.8, 4) is 0 Å². The quantitative estimate of drug-likeness (QED) is 0.850. The Kier molecular flexibility index (Phi) is 2.95. The Hall–Kier alpha value is -0.470. The Morgan fingerprint density at radius 3 is 2.71 bits per heavy atom. The first-order valence-electron chi connectivity index (χ1n) is 6.69. The molecule has 1 heterocycles. The van der Waals surface area contributed by atoms with Gasteiger partial charge in [0.2, 0.25) is 0 Å². The summed E-state index contributed by atoms with van der Waals surface area (Å²) in [5.74, 6) is 0.717. The van der Waals surface area contributed by atoms with Crippen LogP contribution in [0.4, 0.5) is 0 Å². The van der Waals surface area contributed by atoms with E-state index in [2.05, 4.69) is 56.0 Å². The Morgan fingerprint density at radius 2 is 2.00 bits per heavy atom. The van der Waals surface area contributed by atoms with Gasteiger partial charge in [0.1, 0.15) is 0 Å². The minimum absolute atomic E-state index is 0.564. The molecule has 1 aromatic carbocycles. The molecule has 1 saturated carbocycles. The van der Waals surface area contributed by atoms with E-state index in [0.29, 0.717) is 11.3 Å². The Labute approximate surface area is 108 Å². The van der Waals surface area contributed by atoms with Crippen LogP contribution in [0.3, 0.4) is 0 Å². The van der Waals surface area contributed by atoms with Gasteiger partial charge in [-0.3, -0.25) is 0 Å². The third-order valence-corrected chi connectivity index (χ3v) is 5.73. The van der Waals surface area contributed by atoms with E-state index in [4.69, 9.17) is 0 Å². The fraction of sp³-hybridized carbons (Fsp3) is 0.600. The minimum Gasteiger partial charge on any atom is -0.307 e. The van der Waals surface area contributed by atoms with Gasteiger partial charge in [0.05, 0.1) is 0 Å². The van der Waals surface area contributed by atoms with Crippen LogP contribution in [0.25, 0.3) is 0 Å². The fourth-order valence-corrected chi connectivity index (χ4v) is 4.00. The van der Waals surface area contributed by atoms with Crippen molar-refractivity contribution in [2.45, 2.75) is 55.8 Å². The molecule has 0 radical (unpaired) electrons.